The molecule has 0 spiro atoms. The van der Waals surface area contributed by atoms with Crippen LogP contribution in [0, 0.1) is 11.8 Å². The molecule has 3 fully saturated rings. The van der Waals surface area contributed by atoms with Gasteiger partial charge in [0, 0.05) is 38.8 Å². The normalized spacial score (nSPS) is 24.1. The smallest absolute Gasteiger partial charge is 0.248 e. The van der Waals surface area contributed by atoms with Crippen LogP contribution in [-0.2, 0) is 20.7 Å². The first kappa shape index (κ1) is 20.3. The van der Waals surface area contributed by atoms with Gasteiger partial charge in [-0.05, 0) is 62.6 Å². The van der Waals surface area contributed by atoms with E-state index in [9.17, 15) is 9.59 Å². The number of hydrogen-bond acceptors (Lipinski definition) is 5. The summed E-state index contributed by atoms with van der Waals surface area (Å²) in [5.41, 5.74) is 1.02. The first-order valence-electron chi connectivity index (χ1n) is 11.0. The summed E-state index contributed by atoms with van der Waals surface area (Å²) in [5.74, 6) is 1.61. The Kier molecular flexibility index (Phi) is 6.82. The van der Waals surface area contributed by atoms with Gasteiger partial charge in [-0.2, -0.15) is 5.10 Å². The highest BCUT2D eigenvalue weighted by molar-refractivity contribution is 5.78. The first-order chi connectivity index (χ1) is 14.2. The number of carbonyl (C=O) groups excluding carboxylic acids is 2. The van der Waals surface area contributed by atoms with Crippen molar-refractivity contribution in [1.29, 1.82) is 0 Å². The van der Waals surface area contributed by atoms with Crippen LogP contribution < -0.4 is 5.32 Å². The number of nitrogens with one attached hydrogen (secondary N) is 2. The Labute approximate surface area is 172 Å². The Morgan fingerprint density at radius 3 is 2.72 bits per heavy atom. The van der Waals surface area contributed by atoms with Crippen molar-refractivity contribution >= 4 is 11.8 Å². The van der Waals surface area contributed by atoms with Crippen molar-refractivity contribution in [3.05, 3.63) is 18.0 Å². The maximum absolute atomic E-state index is 12.3. The number of ether oxygens (including phenoxy) is 1. The van der Waals surface area contributed by atoms with Gasteiger partial charge in [0.2, 0.25) is 11.8 Å². The third-order valence-corrected chi connectivity index (χ3v) is 6.34. The zero-order chi connectivity index (χ0) is 20.1. The van der Waals surface area contributed by atoms with Crippen molar-refractivity contribution in [3.8, 4) is 0 Å². The van der Waals surface area contributed by atoms with Crippen LogP contribution in [0.3, 0.4) is 0 Å². The van der Waals surface area contributed by atoms with Crippen LogP contribution in [0.2, 0.25) is 0 Å². The highest BCUT2D eigenvalue weighted by Gasteiger charge is 2.31. The molecule has 2 N–H and O–H groups in total. The quantitative estimate of drug-likeness (QED) is 0.637. The van der Waals surface area contributed by atoms with Gasteiger partial charge in [-0.3, -0.25) is 14.7 Å². The molecule has 1 atom stereocenters. The second-order valence-corrected chi connectivity index (χ2v) is 8.83. The predicted molar refractivity (Wildman–Crippen MR) is 108 cm³/mol. The molecule has 2 saturated heterocycles. The Bertz CT molecular complexity index is 668. The second-order valence-electron chi connectivity index (χ2n) is 8.83. The van der Waals surface area contributed by atoms with Gasteiger partial charge >= 0.3 is 0 Å². The van der Waals surface area contributed by atoms with Gasteiger partial charge in [0.1, 0.15) is 6.61 Å². The van der Waals surface area contributed by atoms with Crippen LogP contribution in [0.4, 0.5) is 0 Å². The maximum atomic E-state index is 12.3. The molecular weight excluding hydrogens is 370 g/mol. The summed E-state index contributed by atoms with van der Waals surface area (Å²) in [6.07, 6.45) is 9.66. The molecule has 1 aliphatic carbocycles. The molecule has 8 nitrogen and oxygen atoms in total. The second kappa shape index (κ2) is 9.71. The van der Waals surface area contributed by atoms with Crippen molar-refractivity contribution < 1.29 is 14.3 Å². The Hall–Kier alpha value is -1.93. The van der Waals surface area contributed by atoms with E-state index in [1.807, 2.05) is 4.90 Å². The monoisotopic (exact) mass is 403 g/mol. The van der Waals surface area contributed by atoms with Gasteiger partial charge in [0.05, 0.1) is 12.3 Å². The number of nitrogens with zero attached hydrogens (tertiary/aromatic N) is 3. The number of piperidine rings is 1. The summed E-state index contributed by atoms with van der Waals surface area (Å²) in [6, 6.07) is 0. The fourth-order valence-electron chi connectivity index (χ4n) is 4.30. The van der Waals surface area contributed by atoms with E-state index in [1.54, 1.807) is 12.4 Å². The maximum Gasteiger partial charge on any atom is 0.248 e. The van der Waals surface area contributed by atoms with E-state index in [4.69, 9.17) is 4.74 Å². The molecular formula is C21H33N5O3. The molecule has 29 heavy (non-hydrogen) atoms. The lowest BCUT2D eigenvalue weighted by atomic mass is 9.95. The summed E-state index contributed by atoms with van der Waals surface area (Å²) in [5, 5.41) is 9.58. The number of hydrogen-bond donors (Lipinski definition) is 2. The van der Waals surface area contributed by atoms with Crippen LogP contribution in [0.5, 0.6) is 0 Å². The predicted octanol–water partition coefficient (Wildman–Crippen LogP) is 0.808. The Morgan fingerprint density at radius 1 is 1.21 bits per heavy atom. The molecule has 1 aromatic heterocycles. The molecule has 0 bridgehead atoms. The molecule has 1 saturated carbocycles. The lowest BCUT2D eigenvalue weighted by Crippen LogP contribution is -2.52. The van der Waals surface area contributed by atoms with Gasteiger partial charge in [-0.15, -0.1) is 0 Å². The average Bonchev–Trinajstić information content (AvgIpc) is 3.38. The van der Waals surface area contributed by atoms with Crippen LogP contribution >= 0.6 is 0 Å². The highest BCUT2D eigenvalue weighted by atomic mass is 16.5. The number of aromatic amines is 1. The van der Waals surface area contributed by atoms with Gasteiger partial charge < -0.3 is 19.9 Å². The largest absolute Gasteiger partial charge is 0.365 e. The highest BCUT2D eigenvalue weighted by Crippen LogP contribution is 2.31. The molecule has 0 aromatic carbocycles. The van der Waals surface area contributed by atoms with Crippen molar-refractivity contribution in [2.24, 2.45) is 11.8 Å². The Balaban J connectivity index is 1.15. The fraction of sp³-hybridized carbons (Fsp3) is 0.762. The van der Waals surface area contributed by atoms with Gasteiger partial charge in [0.15, 0.2) is 0 Å². The number of morpholine rings is 1. The summed E-state index contributed by atoms with van der Waals surface area (Å²) >= 11 is 0. The van der Waals surface area contributed by atoms with Crippen LogP contribution in [-0.4, -0.2) is 83.8 Å². The topological polar surface area (TPSA) is 90.6 Å². The molecule has 1 aromatic rings. The van der Waals surface area contributed by atoms with E-state index < -0.39 is 0 Å². The fourth-order valence-corrected chi connectivity index (χ4v) is 4.30. The summed E-state index contributed by atoms with van der Waals surface area (Å²) < 4.78 is 5.65. The molecule has 2 aliphatic heterocycles. The number of amides is 2. The number of aryl methyl sites for hydroxylation is 1. The third-order valence-electron chi connectivity index (χ3n) is 6.34. The first-order valence-corrected chi connectivity index (χ1v) is 11.0. The summed E-state index contributed by atoms with van der Waals surface area (Å²) in [4.78, 5) is 28.9. The minimum Gasteiger partial charge on any atom is -0.365 e. The molecule has 160 valence electrons. The van der Waals surface area contributed by atoms with Crippen molar-refractivity contribution in [2.75, 3.05) is 45.9 Å². The van der Waals surface area contributed by atoms with Crippen LogP contribution in [0.25, 0.3) is 0 Å². The molecule has 3 aliphatic rings. The van der Waals surface area contributed by atoms with Crippen molar-refractivity contribution in [2.45, 2.75) is 44.6 Å². The van der Waals surface area contributed by atoms with E-state index in [1.165, 1.54) is 32.2 Å². The Morgan fingerprint density at radius 2 is 2.00 bits per heavy atom. The van der Waals surface area contributed by atoms with Crippen LogP contribution in [0.15, 0.2) is 12.4 Å². The van der Waals surface area contributed by atoms with Crippen molar-refractivity contribution in [3.63, 3.8) is 0 Å². The SMILES string of the molecule is O=C(CCc1cn[nH]c1)NCC1CN(CC2CCN(CC3CC3)CC2)C(=O)CO1. The standard InChI is InChI=1S/C21H33N5O3/c27-20(4-3-18-9-23-24-10-18)22-11-19-14-26(21(28)15-29-19)13-17-5-7-25(8-6-17)12-16-1-2-16/h9-10,16-17,19H,1-8,11-15H2,(H,22,27)(H,23,24). The zero-order valence-corrected chi connectivity index (χ0v) is 17.1. The lowest BCUT2D eigenvalue weighted by molar-refractivity contribution is -0.150. The van der Waals surface area contributed by atoms with Gasteiger partial charge in [-0.25, -0.2) is 0 Å². The molecule has 0 radical (unpaired) electrons. The van der Waals surface area contributed by atoms with E-state index in [0.717, 1.165) is 31.1 Å². The lowest BCUT2D eigenvalue weighted by Gasteiger charge is -2.38. The molecule has 4 rings (SSSR count). The summed E-state index contributed by atoms with van der Waals surface area (Å²) in [7, 11) is 0. The van der Waals surface area contributed by atoms with Crippen LogP contribution in [0.1, 0.15) is 37.7 Å². The third kappa shape index (κ3) is 6.27. The van der Waals surface area contributed by atoms with Crippen molar-refractivity contribution in [1.82, 2.24) is 25.3 Å². The minimum atomic E-state index is -0.125. The summed E-state index contributed by atoms with van der Waals surface area (Å²) in [6.45, 7) is 5.56. The molecule has 1 unspecified atom stereocenters. The number of aromatic nitrogens is 2. The van der Waals surface area contributed by atoms with E-state index in [0.29, 0.717) is 31.8 Å². The van der Waals surface area contributed by atoms with E-state index in [-0.39, 0.29) is 24.5 Å². The molecule has 3 heterocycles. The minimum absolute atomic E-state index is 0.00119. The van der Waals surface area contributed by atoms with Gasteiger partial charge in [-0.1, -0.05) is 0 Å². The average molecular weight is 404 g/mol. The number of rotatable bonds is 9. The van der Waals surface area contributed by atoms with E-state index >= 15 is 0 Å². The zero-order valence-electron chi connectivity index (χ0n) is 17.1. The van der Waals surface area contributed by atoms with E-state index in [2.05, 4.69) is 20.4 Å². The molecule has 8 heteroatoms. The van der Waals surface area contributed by atoms with Gasteiger partial charge in [0.25, 0.3) is 0 Å². The number of carbonyl (C=O) groups is 2. The number of H-pyrrole nitrogens is 1. The number of likely N-dealkylation sites (tertiary alicyclic amines) is 1. The molecule has 2 amide bonds.